The molecule has 1 aliphatic rings. The highest BCUT2D eigenvalue weighted by molar-refractivity contribution is 5.97. The third kappa shape index (κ3) is 3.47. The summed E-state index contributed by atoms with van der Waals surface area (Å²) in [6, 6.07) is 9.54. The monoisotopic (exact) mass is 310 g/mol. The molecule has 0 unspecified atom stereocenters. The van der Waals surface area contributed by atoms with Crippen LogP contribution >= 0.6 is 0 Å². The number of hydrogen-bond donors (Lipinski definition) is 0. The van der Waals surface area contributed by atoms with Crippen molar-refractivity contribution in [2.75, 3.05) is 4.90 Å². The zero-order valence-electron chi connectivity index (χ0n) is 14.1. The summed E-state index contributed by atoms with van der Waals surface area (Å²) in [7, 11) is 0. The van der Waals surface area contributed by atoms with Gasteiger partial charge in [0.1, 0.15) is 5.69 Å². The number of hydrogen-bond acceptors (Lipinski definition) is 3. The molecule has 0 fully saturated rings. The Hall–Kier alpha value is -2.49. The first-order chi connectivity index (χ1) is 11.1. The molecule has 0 atom stereocenters. The van der Waals surface area contributed by atoms with Gasteiger partial charge in [0, 0.05) is 6.92 Å². The second-order valence-corrected chi connectivity index (χ2v) is 5.33. The summed E-state index contributed by atoms with van der Waals surface area (Å²) in [5, 5.41) is 0. The summed E-state index contributed by atoms with van der Waals surface area (Å²) < 4.78 is 0. The lowest BCUT2D eigenvalue weighted by Gasteiger charge is -2.29. The highest BCUT2D eigenvalue weighted by Gasteiger charge is 2.25. The lowest BCUT2D eigenvalue weighted by Crippen LogP contribution is -2.36. The van der Waals surface area contributed by atoms with Gasteiger partial charge in [0.15, 0.2) is 5.78 Å². The summed E-state index contributed by atoms with van der Waals surface area (Å²) in [6.45, 7) is 8.06. The molecular formula is C19H22N2O2. The van der Waals surface area contributed by atoms with Crippen molar-refractivity contribution in [1.82, 2.24) is 4.98 Å². The smallest absolute Gasteiger partial charge is 0.231 e. The number of rotatable bonds is 2. The predicted molar refractivity (Wildman–Crippen MR) is 91.7 cm³/mol. The SMILES string of the molecule is CC.CC(=O)c1ccc(N2Cc3cccc(C)c3CC2=O)cn1. The van der Waals surface area contributed by atoms with Gasteiger partial charge in [-0.1, -0.05) is 32.0 Å². The normalized spacial score (nSPS) is 13.0. The number of aryl methyl sites for hydroxylation is 1. The fraction of sp³-hybridized carbons (Fsp3) is 0.316. The van der Waals surface area contributed by atoms with E-state index in [4.69, 9.17) is 0 Å². The van der Waals surface area contributed by atoms with E-state index in [1.54, 1.807) is 23.2 Å². The van der Waals surface area contributed by atoms with Gasteiger partial charge < -0.3 is 4.90 Å². The Morgan fingerprint density at radius 1 is 1.17 bits per heavy atom. The molecule has 0 radical (unpaired) electrons. The Balaban J connectivity index is 0.000000924. The van der Waals surface area contributed by atoms with E-state index in [2.05, 4.69) is 11.1 Å². The zero-order valence-corrected chi connectivity index (χ0v) is 14.1. The van der Waals surface area contributed by atoms with Gasteiger partial charge in [-0.25, -0.2) is 0 Å². The average Bonchev–Trinajstić information content (AvgIpc) is 2.57. The molecule has 3 rings (SSSR count). The number of carbonyl (C=O) groups is 2. The number of anilines is 1. The van der Waals surface area contributed by atoms with Crippen molar-refractivity contribution in [3.8, 4) is 0 Å². The third-order valence-electron chi connectivity index (χ3n) is 3.89. The Morgan fingerprint density at radius 2 is 1.91 bits per heavy atom. The van der Waals surface area contributed by atoms with Gasteiger partial charge in [-0.05, 0) is 35.7 Å². The molecule has 2 heterocycles. The number of aromatic nitrogens is 1. The minimum atomic E-state index is -0.0764. The lowest BCUT2D eigenvalue weighted by atomic mass is 9.94. The predicted octanol–water partition coefficient (Wildman–Crippen LogP) is 3.71. The standard InChI is InChI=1S/C17H16N2O2.C2H6/c1-11-4-3-5-13-10-19(17(21)8-15(11)13)14-6-7-16(12(2)20)18-9-14;1-2/h3-7,9H,8,10H2,1-2H3;1-2H3. The second kappa shape index (κ2) is 7.18. The zero-order chi connectivity index (χ0) is 17.0. The molecule has 4 heteroatoms. The molecular weight excluding hydrogens is 288 g/mol. The van der Waals surface area contributed by atoms with E-state index >= 15 is 0 Å². The van der Waals surface area contributed by atoms with Gasteiger partial charge >= 0.3 is 0 Å². The van der Waals surface area contributed by atoms with Crippen molar-refractivity contribution in [3.63, 3.8) is 0 Å². The number of benzene rings is 1. The van der Waals surface area contributed by atoms with Crippen molar-refractivity contribution in [2.24, 2.45) is 0 Å². The molecule has 0 spiro atoms. The van der Waals surface area contributed by atoms with Crippen molar-refractivity contribution >= 4 is 17.4 Å². The summed E-state index contributed by atoms with van der Waals surface area (Å²) in [5.41, 5.74) is 4.61. The molecule has 2 aromatic rings. The topological polar surface area (TPSA) is 50.3 Å². The highest BCUT2D eigenvalue weighted by Crippen LogP contribution is 2.26. The maximum atomic E-state index is 12.4. The van der Waals surface area contributed by atoms with E-state index in [9.17, 15) is 9.59 Å². The maximum Gasteiger partial charge on any atom is 0.231 e. The summed E-state index contributed by atoms with van der Waals surface area (Å²) >= 11 is 0. The first-order valence-corrected chi connectivity index (χ1v) is 7.91. The van der Waals surface area contributed by atoms with E-state index < -0.39 is 0 Å². The third-order valence-corrected chi connectivity index (χ3v) is 3.89. The van der Waals surface area contributed by atoms with Crippen molar-refractivity contribution in [3.05, 3.63) is 58.9 Å². The van der Waals surface area contributed by atoms with Crippen LogP contribution in [0.4, 0.5) is 5.69 Å². The van der Waals surface area contributed by atoms with E-state index in [-0.39, 0.29) is 11.7 Å². The quantitative estimate of drug-likeness (QED) is 0.795. The molecule has 23 heavy (non-hydrogen) atoms. The van der Waals surface area contributed by atoms with Crippen LogP contribution in [0.15, 0.2) is 36.5 Å². The van der Waals surface area contributed by atoms with E-state index in [0.29, 0.717) is 18.7 Å². The average molecular weight is 310 g/mol. The molecule has 1 aromatic carbocycles. The maximum absolute atomic E-state index is 12.4. The van der Waals surface area contributed by atoms with E-state index in [1.807, 2.05) is 32.9 Å². The summed E-state index contributed by atoms with van der Waals surface area (Å²) in [4.78, 5) is 29.5. The fourth-order valence-electron chi connectivity index (χ4n) is 2.66. The molecule has 1 aromatic heterocycles. The van der Waals surface area contributed by atoms with Crippen molar-refractivity contribution in [2.45, 2.75) is 40.7 Å². The fourth-order valence-corrected chi connectivity index (χ4v) is 2.66. The first-order valence-electron chi connectivity index (χ1n) is 7.91. The number of fused-ring (bicyclic) bond motifs is 1. The van der Waals surface area contributed by atoms with Gasteiger partial charge in [-0.2, -0.15) is 0 Å². The van der Waals surface area contributed by atoms with Gasteiger partial charge in [0.2, 0.25) is 5.91 Å². The highest BCUT2D eigenvalue weighted by atomic mass is 16.2. The molecule has 0 saturated carbocycles. The van der Waals surface area contributed by atoms with Crippen LogP contribution in [0.2, 0.25) is 0 Å². The van der Waals surface area contributed by atoms with Gasteiger partial charge in [-0.3, -0.25) is 14.6 Å². The van der Waals surface area contributed by atoms with Crippen LogP contribution in [0.3, 0.4) is 0 Å². The van der Waals surface area contributed by atoms with Crippen molar-refractivity contribution in [1.29, 1.82) is 0 Å². The molecule has 1 amide bonds. The first kappa shape index (κ1) is 16.9. The number of Topliss-reactive ketones (excluding diaryl/α,β-unsaturated/α-hetero) is 1. The van der Waals surface area contributed by atoms with Crippen LogP contribution in [0.25, 0.3) is 0 Å². The number of amides is 1. The minimum absolute atomic E-state index is 0.0641. The summed E-state index contributed by atoms with van der Waals surface area (Å²) in [5.74, 6) is -0.0123. The largest absolute Gasteiger partial charge is 0.306 e. The Kier molecular flexibility index (Phi) is 5.27. The van der Waals surface area contributed by atoms with Crippen LogP contribution in [-0.4, -0.2) is 16.7 Å². The molecule has 0 aliphatic carbocycles. The van der Waals surface area contributed by atoms with Crippen LogP contribution < -0.4 is 4.90 Å². The Labute approximate surface area is 137 Å². The van der Waals surface area contributed by atoms with Crippen LogP contribution in [0.1, 0.15) is 48.0 Å². The number of pyridine rings is 1. The van der Waals surface area contributed by atoms with E-state index in [0.717, 1.165) is 16.8 Å². The summed E-state index contributed by atoms with van der Waals surface area (Å²) in [6.07, 6.45) is 2.01. The molecule has 0 N–H and O–H groups in total. The second-order valence-electron chi connectivity index (χ2n) is 5.33. The van der Waals surface area contributed by atoms with Gasteiger partial charge in [0.05, 0.1) is 24.8 Å². The van der Waals surface area contributed by atoms with Crippen molar-refractivity contribution < 1.29 is 9.59 Å². The lowest BCUT2D eigenvalue weighted by molar-refractivity contribution is -0.118. The molecule has 4 nitrogen and oxygen atoms in total. The molecule has 1 aliphatic heterocycles. The Bertz CT molecular complexity index is 721. The molecule has 120 valence electrons. The molecule has 0 saturated heterocycles. The minimum Gasteiger partial charge on any atom is -0.306 e. The molecule has 0 bridgehead atoms. The van der Waals surface area contributed by atoms with E-state index in [1.165, 1.54) is 12.5 Å². The number of carbonyl (C=O) groups excluding carboxylic acids is 2. The number of ketones is 1. The van der Waals surface area contributed by atoms with Gasteiger partial charge in [-0.15, -0.1) is 0 Å². The van der Waals surface area contributed by atoms with Gasteiger partial charge in [0.25, 0.3) is 0 Å². The number of nitrogens with zero attached hydrogens (tertiary/aromatic N) is 2. The van der Waals surface area contributed by atoms with Crippen LogP contribution in [0, 0.1) is 6.92 Å². The van der Waals surface area contributed by atoms with Crippen LogP contribution in [0.5, 0.6) is 0 Å². The Morgan fingerprint density at radius 3 is 2.52 bits per heavy atom. The van der Waals surface area contributed by atoms with Crippen LogP contribution in [-0.2, 0) is 17.8 Å².